The van der Waals surface area contributed by atoms with Crippen LogP contribution in [0.3, 0.4) is 0 Å². The minimum atomic E-state index is 0.00664. The fourth-order valence-electron chi connectivity index (χ4n) is 2.85. The molecule has 120 valence electrons. The Labute approximate surface area is 136 Å². The van der Waals surface area contributed by atoms with E-state index < -0.39 is 0 Å². The zero-order valence-corrected chi connectivity index (χ0v) is 13.4. The maximum absolute atomic E-state index is 12.1. The Bertz CT molecular complexity index is 670. The van der Waals surface area contributed by atoms with Crippen LogP contribution in [0, 0.1) is 0 Å². The number of benzene rings is 1. The molecule has 2 heterocycles. The van der Waals surface area contributed by atoms with Gasteiger partial charge >= 0.3 is 0 Å². The van der Waals surface area contributed by atoms with Crippen LogP contribution in [0.5, 0.6) is 5.75 Å². The van der Waals surface area contributed by atoms with Crippen LogP contribution in [0.25, 0.3) is 0 Å². The molecule has 3 rings (SSSR count). The number of fused-ring (bicyclic) bond motifs is 1. The molecule has 0 unspecified atom stereocenters. The Morgan fingerprint density at radius 3 is 2.96 bits per heavy atom. The Balaban J connectivity index is 1.56. The lowest BCUT2D eigenvalue weighted by molar-refractivity contribution is -0.121. The molecule has 1 aromatic carbocycles. The summed E-state index contributed by atoms with van der Waals surface area (Å²) in [5.74, 6) is 1.06. The number of aryl methyl sites for hydroxylation is 2. The molecular weight excluding hydrogens is 288 g/mol. The SMILES string of the molecule is C[C@H](NC(=O)CCc1ccncc1)c1ccc2c(c1)CCCO2. The number of amides is 1. The van der Waals surface area contributed by atoms with Gasteiger partial charge in [0.1, 0.15) is 5.75 Å². The van der Waals surface area contributed by atoms with Crippen molar-refractivity contribution in [2.45, 2.75) is 38.6 Å². The van der Waals surface area contributed by atoms with Crippen molar-refractivity contribution < 1.29 is 9.53 Å². The third-order valence-corrected chi connectivity index (χ3v) is 4.20. The lowest BCUT2D eigenvalue weighted by Gasteiger charge is -2.20. The minimum absolute atomic E-state index is 0.00664. The van der Waals surface area contributed by atoms with Gasteiger partial charge in [-0.1, -0.05) is 12.1 Å². The second kappa shape index (κ2) is 7.27. The number of nitrogens with zero attached hydrogens (tertiary/aromatic N) is 1. The van der Waals surface area contributed by atoms with Gasteiger partial charge in [0.25, 0.3) is 0 Å². The number of aromatic nitrogens is 1. The number of rotatable bonds is 5. The summed E-state index contributed by atoms with van der Waals surface area (Å²) in [5, 5.41) is 3.08. The van der Waals surface area contributed by atoms with E-state index in [-0.39, 0.29) is 11.9 Å². The molecule has 23 heavy (non-hydrogen) atoms. The van der Waals surface area contributed by atoms with Gasteiger partial charge in [-0.3, -0.25) is 9.78 Å². The summed E-state index contributed by atoms with van der Waals surface area (Å²) in [6.07, 6.45) is 6.84. The molecule has 1 aliphatic heterocycles. The lowest BCUT2D eigenvalue weighted by atomic mass is 10.00. The molecule has 1 N–H and O–H groups in total. The zero-order chi connectivity index (χ0) is 16.1. The summed E-state index contributed by atoms with van der Waals surface area (Å²) < 4.78 is 5.63. The van der Waals surface area contributed by atoms with E-state index >= 15 is 0 Å². The Morgan fingerprint density at radius 1 is 1.30 bits per heavy atom. The molecule has 0 fully saturated rings. The summed E-state index contributed by atoms with van der Waals surface area (Å²) in [7, 11) is 0. The molecule has 0 saturated carbocycles. The van der Waals surface area contributed by atoms with E-state index in [1.165, 1.54) is 5.56 Å². The van der Waals surface area contributed by atoms with Gasteiger partial charge in [0.15, 0.2) is 0 Å². The van der Waals surface area contributed by atoms with Crippen LogP contribution in [-0.2, 0) is 17.6 Å². The van der Waals surface area contributed by atoms with Crippen LogP contribution in [-0.4, -0.2) is 17.5 Å². The molecule has 0 bridgehead atoms. The van der Waals surface area contributed by atoms with E-state index in [0.29, 0.717) is 6.42 Å². The highest BCUT2D eigenvalue weighted by molar-refractivity contribution is 5.76. The maximum atomic E-state index is 12.1. The normalized spacial score (nSPS) is 14.5. The van der Waals surface area contributed by atoms with E-state index in [1.54, 1.807) is 12.4 Å². The van der Waals surface area contributed by atoms with Gasteiger partial charge in [0, 0.05) is 18.8 Å². The fraction of sp³-hybridized carbons (Fsp3) is 0.368. The van der Waals surface area contributed by atoms with Crippen LogP contribution < -0.4 is 10.1 Å². The van der Waals surface area contributed by atoms with Crippen molar-refractivity contribution in [1.29, 1.82) is 0 Å². The minimum Gasteiger partial charge on any atom is -0.493 e. The summed E-state index contributed by atoms with van der Waals surface area (Å²) >= 11 is 0. The zero-order valence-electron chi connectivity index (χ0n) is 13.4. The predicted molar refractivity (Wildman–Crippen MR) is 89.4 cm³/mol. The molecule has 4 heteroatoms. The van der Waals surface area contributed by atoms with E-state index in [0.717, 1.165) is 42.7 Å². The highest BCUT2D eigenvalue weighted by Gasteiger charge is 2.14. The third kappa shape index (κ3) is 4.09. The van der Waals surface area contributed by atoms with E-state index in [2.05, 4.69) is 16.4 Å². The first-order valence-electron chi connectivity index (χ1n) is 8.16. The first kappa shape index (κ1) is 15.5. The molecule has 1 aromatic heterocycles. The quantitative estimate of drug-likeness (QED) is 0.922. The maximum Gasteiger partial charge on any atom is 0.220 e. The second-order valence-corrected chi connectivity index (χ2v) is 5.96. The summed E-state index contributed by atoms with van der Waals surface area (Å²) in [6, 6.07) is 10.1. The number of nitrogens with one attached hydrogen (secondary N) is 1. The number of hydrogen-bond acceptors (Lipinski definition) is 3. The van der Waals surface area contributed by atoms with Crippen molar-refractivity contribution in [2.75, 3.05) is 6.61 Å². The standard InChI is InChI=1S/C19H22N2O2/c1-14(16-5-6-18-17(13-16)3-2-12-23-18)21-19(22)7-4-15-8-10-20-11-9-15/h5-6,8-11,13-14H,2-4,7,12H2,1H3,(H,21,22)/t14-/m0/s1. The van der Waals surface area contributed by atoms with Gasteiger partial charge in [-0.15, -0.1) is 0 Å². The molecule has 1 aliphatic rings. The molecule has 0 saturated heterocycles. The highest BCUT2D eigenvalue weighted by atomic mass is 16.5. The Morgan fingerprint density at radius 2 is 2.13 bits per heavy atom. The van der Waals surface area contributed by atoms with Gasteiger partial charge in [-0.05, 0) is 61.1 Å². The molecular formula is C19H22N2O2. The van der Waals surface area contributed by atoms with Crippen LogP contribution in [0.15, 0.2) is 42.7 Å². The van der Waals surface area contributed by atoms with Gasteiger partial charge in [-0.2, -0.15) is 0 Å². The van der Waals surface area contributed by atoms with Crippen molar-refractivity contribution >= 4 is 5.91 Å². The van der Waals surface area contributed by atoms with Crippen molar-refractivity contribution in [1.82, 2.24) is 10.3 Å². The highest BCUT2D eigenvalue weighted by Crippen LogP contribution is 2.27. The van der Waals surface area contributed by atoms with Crippen LogP contribution in [0.2, 0.25) is 0 Å². The lowest BCUT2D eigenvalue weighted by Crippen LogP contribution is -2.27. The topological polar surface area (TPSA) is 51.2 Å². The molecule has 0 aliphatic carbocycles. The van der Waals surface area contributed by atoms with Gasteiger partial charge in [-0.25, -0.2) is 0 Å². The van der Waals surface area contributed by atoms with Crippen molar-refractivity contribution in [2.24, 2.45) is 0 Å². The van der Waals surface area contributed by atoms with E-state index in [4.69, 9.17) is 4.74 Å². The van der Waals surface area contributed by atoms with Gasteiger partial charge in [0.2, 0.25) is 5.91 Å². The average Bonchev–Trinajstić information content (AvgIpc) is 2.60. The first-order chi connectivity index (χ1) is 11.2. The Hall–Kier alpha value is -2.36. The Kier molecular flexibility index (Phi) is 4.91. The van der Waals surface area contributed by atoms with Crippen molar-refractivity contribution in [3.8, 4) is 5.75 Å². The first-order valence-corrected chi connectivity index (χ1v) is 8.16. The predicted octanol–water partition coefficient (Wildman–Crippen LogP) is 3.22. The third-order valence-electron chi connectivity index (χ3n) is 4.20. The summed E-state index contributed by atoms with van der Waals surface area (Å²) in [5.41, 5.74) is 3.51. The number of hydrogen-bond donors (Lipinski definition) is 1. The summed E-state index contributed by atoms with van der Waals surface area (Å²) in [6.45, 7) is 2.82. The van der Waals surface area contributed by atoms with Gasteiger partial charge in [0.05, 0.1) is 12.6 Å². The van der Waals surface area contributed by atoms with Crippen molar-refractivity contribution in [3.63, 3.8) is 0 Å². The van der Waals surface area contributed by atoms with E-state index in [9.17, 15) is 4.79 Å². The molecule has 1 amide bonds. The van der Waals surface area contributed by atoms with Crippen molar-refractivity contribution in [3.05, 3.63) is 59.4 Å². The smallest absolute Gasteiger partial charge is 0.220 e. The average molecular weight is 310 g/mol. The largest absolute Gasteiger partial charge is 0.493 e. The molecule has 1 atom stereocenters. The number of ether oxygens (including phenoxy) is 1. The van der Waals surface area contributed by atoms with E-state index in [1.807, 2.05) is 31.2 Å². The molecule has 0 spiro atoms. The van der Waals surface area contributed by atoms with Crippen LogP contribution >= 0.6 is 0 Å². The second-order valence-electron chi connectivity index (χ2n) is 5.96. The molecule has 4 nitrogen and oxygen atoms in total. The fourth-order valence-corrected chi connectivity index (χ4v) is 2.85. The molecule has 0 radical (unpaired) electrons. The van der Waals surface area contributed by atoms with Gasteiger partial charge < -0.3 is 10.1 Å². The number of pyridine rings is 1. The number of carbonyl (C=O) groups excluding carboxylic acids is 1. The monoisotopic (exact) mass is 310 g/mol. The molecule has 2 aromatic rings. The van der Waals surface area contributed by atoms with Crippen LogP contribution in [0.1, 0.15) is 42.5 Å². The number of carbonyl (C=O) groups is 1. The van der Waals surface area contributed by atoms with Crippen LogP contribution in [0.4, 0.5) is 0 Å². The summed E-state index contributed by atoms with van der Waals surface area (Å²) in [4.78, 5) is 16.1.